The molecular weight excluding hydrogens is 346 g/mol. The van der Waals surface area contributed by atoms with E-state index in [9.17, 15) is 9.90 Å². The molecular formula is C21H23NO5. The number of rotatable bonds is 6. The molecule has 0 saturated heterocycles. The number of nitrogens with zero attached hydrogens (tertiary/aromatic N) is 1. The summed E-state index contributed by atoms with van der Waals surface area (Å²) < 4.78 is 15.5. The first-order valence-corrected chi connectivity index (χ1v) is 8.73. The normalized spacial score (nSPS) is 12.8. The number of benzene rings is 2. The van der Waals surface area contributed by atoms with Crippen molar-refractivity contribution in [1.29, 1.82) is 0 Å². The van der Waals surface area contributed by atoms with E-state index in [1.165, 1.54) is 14.2 Å². The summed E-state index contributed by atoms with van der Waals surface area (Å²) in [5.74, 6) is 0.549. The quantitative estimate of drug-likeness (QED) is 0.792. The van der Waals surface area contributed by atoms with Crippen molar-refractivity contribution >= 4 is 11.7 Å². The second-order valence-corrected chi connectivity index (χ2v) is 6.27. The van der Waals surface area contributed by atoms with Gasteiger partial charge in [-0.2, -0.15) is 0 Å². The van der Waals surface area contributed by atoms with Gasteiger partial charge in [-0.25, -0.2) is 0 Å². The van der Waals surface area contributed by atoms with E-state index >= 15 is 0 Å². The van der Waals surface area contributed by atoms with Crippen LogP contribution in [0.25, 0.3) is 0 Å². The highest BCUT2D eigenvalue weighted by atomic mass is 16.5. The fraction of sp³-hybridized carbons (Fsp3) is 0.333. The van der Waals surface area contributed by atoms with Gasteiger partial charge in [0, 0.05) is 18.5 Å². The summed E-state index contributed by atoms with van der Waals surface area (Å²) in [6.07, 6.45) is 1.42. The minimum Gasteiger partial charge on any atom is -0.504 e. The van der Waals surface area contributed by atoms with Crippen molar-refractivity contribution in [2.45, 2.75) is 19.3 Å². The van der Waals surface area contributed by atoms with Crippen LogP contribution in [0.2, 0.25) is 0 Å². The number of carbonyl (C=O) groups excluding carboxylic acids is 1. The number of methoxy groups -OCH3 is 3. The zero-order chi connectivity index (χ0) is 19.4. The molecule has 1 heterocycles. The molecule has 6 heteroatoms. The van der Waals surface area contributed by atoms with Crippen LogP contribution < -0.4 is 9.47 Å². The third-order valence-corrected chi connectivity index (χ3v) is 4.74. The van der Waals surface area contributed by atoms with Crippen LogP contribution in [-0.4, -0.2) is 44.7 Å². The lowest BCUT2D eigenvalue weighted by molar-refractivity contribution is -0.139. The van der Waals surface area contributed by atoms with Gasteiger partial charge in [0.1, 0.15) is 0 Å². The largest absolute Gasteiger partial charge is 0.504 e. The Hall–Kier alpha value is -3.02. The van der Waals surface area contributed by atoms with Crippen LogP contribution in [0.1, 0.15) is 22.3 Å². The monoisotopic (exact) mass is 369 g/mol. The lowest BCUT2D eigenvalue weighted by Gasteiger charge is -2.22. The van der Waals surface area contributed by atoms with Crippen LogP contribution in [-0.2, 0) is 28.8 Å². The van der Waals surface area contributed by atoms with Gasteiger partial charge < -0.3 is 19.3 Å². The summed E-state index contributed by atoms with van der Waals surface area (Å²) in [5, 5.41) is 10.8. The molecule has 0 unspecified atom stereocenters. The molecule has 2 aromatic rings. The zero-order valence-electron chi connectivity index (χ0n) is 15.7. The van der Waals surface area contributed by atoms with Crippen molar-refractivity contribution in [1.82, 2.24) is 0 Å². The molecule has 1 N–H and O–H groups in total. The highest BCUT2D eigenvalue weighted by molar-refractivity contribution is 6.07. The first kappa shape index (κ1) is 18.8. The Bertz CT molecular complexity index is 888. The van der Waals surface area contributed by atoms with Crippen molar-refractivity contribution in [2.75, 3.05) is 27.9 Å². The minimum absolute atomic E-state index is 0.0377. The zero-order valence-corrected chi connectivity index (χ0v) is 15.7. The number of aliphatic imine (C=N–C) groups is 1. The number of carbonyl (C=O) groups is 1. The number of hydrogen-bond acceptors (Lipinski definition) is 6. The molecule has 0 aliphatic carbocycles. The molecule has 27 heavy (non-hydrogen) atoms. The Labute approximate surface area is 158 Å². The number of phenols is 1. The molecule has 0 saturated carbocycles. The average Bonchev–Trinajstić information content (AvgIpc) is 2.69. The number of phenolic OH excluding ortho intramolecular Hbond substituents is 1. The number of hydrogen-bond donors (Lipinski definition) is 1. The second kappa shape index (κ2) is 8.12. The number of esters is 1. The molecule has 0 bridgehead atoms. The summed E-state index contributed by atoms with van der Waals surface area (Å²) in [4.78, 5) is 16.4. The molecule has 6 nitrogen and oxygen atoms in total. The highest BCUT2D eigenvalue weighted by Crippen LogP contribution is 2.43. The summed E-state index contributed by atoms with van der Waals surface area (Å²) in [7, 11) is 4.42. The molecule has 142 valence electrons. The van der Waals surface area contributed by atoms with Crippen LogP contribution in [0.5, 0.6) is 17.2 Å². The lowest BCUT2D eigenvalue weighted by atomic mass is 9.90. The van der Waals surface area contributed by atoms with E-state index in [4.69, 9.17) is 14.2 Å². The van der Waals surface area contributed by atoms with Gasteiger partial charge in [0.25, 0.3) is 0 Å². The summed E-state index contributed by atoms with van der Waals surface area (Å²) in [5.41, 5.74) is 4.29. The van der Waals surface area contributed by atoms with Gasteiger partial charge in [0.2, 0.25) is 5.75 Å². The van der Waals surface area contributed by atoms with E-state index < -0.39 is 0 Å². The van der Waals surface area contributed by atoms with Gasteiger partial charge in [-0.15, -0.1) is 0 Å². The lowest BCUT2D eigenvalue weighted by Crippen LogP contribution is -2.17. The number of aromatic hydroxyl groups is 1. The first-order chi connectivity index (χ1) is 13.1. The molecule has 1 aliphatic rings. The van der Waals surface area contributed by atoms with E-state index in [-0.39, 0.29) is 18.1 Å². The van der Waals surface area contributed by atoms with Crippen molar-refractivity contribution in [3.05, 3.63) is 52.6 Å². The molecule has 0 amide bonds. The standard InChI is InChI=1S/C21H23NO5/c1-25-17-11-15-8-9-22-16(19(15)20(24)21(17)27-3)10-13-6-4-5-7-14(13)12-18(23)26-2/h4-7,11,24H,8-10,12H2,1-3H3. The number of ether oxygens (including phenoxy) is 3. The maximum Gasteiger partial charge on any atom is 0.309 e. The summed E-state index contributed by atoms with van der Waals surface area (Å²) in [6, 6.07) is 9.58. The van der Waals surface area contributed by atoms with E-state index in [0.29, 0.717) is 30.0 Å². The first-order valence-electron chi connectivity index (χ1n) is 8.73. The maximum atomic E-state index is 11.7. The van der Waals surface area contributed by atoms with Gasteiger partial charge in [0.15, 0.2) is 11.5 Å². The van der Waals surface area contributed by atoms with E-state index in [0.717, 1.165) is 28.8 Å². The van der Waals surface area contributed by atoms with Gasteiger partial charge in [-0.3, -0.25) is 9.79 Å². The van der Waals surface area contributed by atoms with E-state index in [2.05, 4.69) is 4.99 Å². The topological polar surface area (TPSA) is 77.4 Å². The van der Waals surface area contributed by atoms with E-state index in [1.807, 2.05) is 30.3 Å². The van der Waals surface area contributed by atoms with Gasteiger partial charge in [-0.1, -0.05) is 24.3 Å². The van der Waals surface area contributed by atoms with Crippen LogP contribution in [0.4, 0.5) is 0 Å². The Balaban J connectivity index is 2.00. The van der Waals surface area contributed by atoms with Crippen molar-refractivity contribution in [3.8, 4) is 17.2 Å². The minimum atomic E-state index is -0.289. The molecule has 0 spiro atoms. The second-order valence-electron chi connectivity index (χ2n) is 6.27. The maximum absolute atomic E-state index is 11.7. The van der Waals surface area contributed by atoms with Crippen molar-refractivity contribution in [3.63, 3.8) is 0 Å². The van der Waals surface area contributed by atoms with E-state index in [1.54, 1.807) is 7.11 Å². The Morgan fingerprint density at radius 3 is 2.56 bits per heavy atom. The number of fused-ring (bicyclic) bond motifs is 1. The van der Waals surface area contributed by atoms with Crippen LogP contribution in [0.3, 0.4) is 0 Å². The molecule has 0 radical (unpaired) electrons. The molecule has 3 rings (SSSR count). The third kappa shape index (κ3) is 3.74. The Morgan fingerprint density at radius 1 is 1.15 bits per heavy atom. The summed E-state index contributed by atoms with van der Waals surface area (Å²) >= 11 is 0. The Kier molecular flexibility index (Phi) is 5.64. The molecule has 0 atom stereocenters. The molecule has 2 aromatic carbocycles. The Morgan fingerprint density at radius 2 is 1.89 bits per heavy atom. The van der Waals surface area contributed by atoms with Crippen molar-refractivity contribution < 1.29 is 24.1 Å². The smallest absolute Gasteiger partial charge is 0.309 e. The average molecular weight is 369 g/mol. The predicted octanol–water partition coefficient (Wildman–Crippen LogP) is 2.71. The summed E-state index contributed by atoms with van der Waals surface area (Å²) in [6.45, 7) is 0.635. The van der Waals surface area contributed by atoms with Crippen LogP contribution in [0.15, 0.2) is 35.3 Å². The predicted molar refractivity (Wildman–Crippen MR) is 102 cm³/mol. The van der Waals surface area contributed by atoms with Gasteiger partial charge in [0.05, 0.1) is 33.5 Å². The highest BCUT2D eigenvalue weighted by Gasteiger charge is 2.25. The molecule has 0 fully saturated rings. The SMILES string of the molecule is COC(=O)Cc1ccccc1CC1=NCCc2cc(OC)c(OC)c(O)c21. The van der Waals surface area contributed by atoms with Gasteiger partial charge >= 0.3 is 5.97 Å². The third-order valence-electron chi connectivity index (χ3n) is 4.74. The fourth-order valence-electron chi connectivity index (χ4n) is 3.39. The van der Waals surface area contributed by atoms with Gasteiger partial charge in [-0.05, 0) is 29.2 Å². The van der Waals surface area contributed by atoms with Crippen LogP contribution in [0, 0.1) is 0 Å². The fourth-order valence-corrected chi connectivity index (χ4v) is 3.39. The molecule has 0 aromatic heterocycles. The van der Waals surface area contributed by atoms with Crippen molar-refractivity contribution in [2.24, 2.45) is 4.99 Å². The van der Waals surface area contributed by atoms with Crippen LogP contribution >= 0.6 is 0 Å². The molecule has 1 aliphatic heterocycles.